The Bertz CT molecular complexity index is 1220. The number of urea groups is 1. The van der Waals surface area contributed by atoms with Crippen molar-refractivity contribution in [2.75, 3.05) is 5.32 Å². The SMILES string of the molecule is CC1=C(C(=O)Nc2ccc(Br)cc2)[C@@H](c2ccc3c4c(cccc24)CC3)NC(=O)N1. The molecule has 3 N–H and O–H groups in total. The van der Waals surface area contributed by atoms with E-state index in [0.717, 1.165) is 28.3 Å². The van der Waals surface area contributed by atoms with Crippen molar-refractivity contribution in [2.24, 2.45) is 0 Å². The van der Waals surface area contributed by atoms with E-state index in [1.807, 2.05) is 30.3 Å². The van der Waals surface area contributed by atoms with Crippen molar-refractivity contribution in [2.45, 2.75) is 25.8 Å². The highest BCUT2D eigenvalue weighted by atomic mass is 79.9. The zero-order valence-corrected chi connectivity index (χ0v) is 18.0. The van der Waals surface area contributed by atoms with Gasteiger partial charge >= 0.3 is 6.03 Å². The zero-order chi connectivity index (χ0) is 20.8. The Hall–Kier alpha value is -3.12. The van der Waals surface area contributed by atoms with Gasteiger partial charge in [-0.1, -0.05) is 46.3 Å². The summed E-state index contributed by atoms with van der Waals surface area (Å²) in [4.78, 5) is 25.6. The highest BCUT2D eigenvalue weighted by molar-refractivity contribution is 9.10. The Morgan fingerprint density at radius 2 is 1.77 bits per heavy atom. The van der Waals surface area contributed by atoms with Gasteiger partial charge in [-0.25, -0.2) is 4.79 Å². The van der Waals surface area contributed by atoms with E-state index in [0.29, 0.717) is 17.0 Å². The van der Waals surface area contributed by atoms with Crippen LogP contribution in [0.5, 0.6) is 0 Å². The van der Waals surface area contributed by atoms with Crippen LogP contribution in [-0.4, -0.2) is 11.9 Å². The van der Waals surface area contributed by atoms with Crippen molar-refractivity contribution in [3.63, 3.8) is 0 Å². The van der Waals surface area contributed by atoms with Gasteiger partial charge in [-0.15, -0.1) is 0 Å². The predicted octanol–water partition coefficient (Wildman–Crippen LogP) is 4.97. The first-order chi connectivity index (χ1) is 14.5. The number of amides is 3. The van der Waals surface area contributed by atoms with Gasteiger partial charge in [-0.3, -0.25) is 4.79 Å². The number of hydrogen-bond acceptors (Lipinski definition) is 2. The largest absolute Gasteiger partial charge is 0.327 e. The third kappa shape index (κ3) is 3.17. The minimum atomic E-state index is -0.529. The molecule has 1 aliphatic carbocycles. The fraction of sp³-hybridized carbons (Fsp3) is 0.167. The number of carbonyl (C=O) groups is 2. The van der Waals surface area contributed by atoms with Crippen LogP contribution in [0.2, 0.25) is 0 Å². The highest BCUT2D eigenvalue weighted by Gasteiger charge is 2.33. The van der Waals surface area contributed by atoms with Crippen molar-refractivity contribution < 1.29 is 9.59 Å². The van der Waals surface area contributed by atoms with Crippen LogP contribution in [0.1, 0.15) is 29.7 Å². The molecule has 2 aliphatic rings. The molecule has 0 radical (unpaired) electrons. The topological polar surface area (TPSA) is 70.2 Å². The second kappa shape index (κ2) is 7.29. The molecule has 3 aromatic rings. The van der Waals surface area contributed by atoms with Gasteiger partial charge in [0, 0.05) is 15.9 Å². The Balaban J connectivity index is 1.59. The molecule has 3 amide bonds. The lowest BCUT2D eigenvalue weighted by Crippen LogP contribution is -2.46. The summed E-state index contributed by atoms with van der Waals surface area (Å²) in [5, 5.41) is 11.0. The smallest absolute Gasteiger partial charge is 0.319 e. The maximum atomic E-state index is 13.3. The minimum Gasteiger partial charge on any atom is -0.327 e. The Morgan fingerprint density at radius 1 is 1.03 bits per heavy atom. The molecule has 0 saturated heterocycles. The number of carbonyl (C=O) groups excluding carboxylic acids is 2. The van der Waals surface area contributed by atoms with E-state index in [2.05, 4.69) is 56.1 Å². The third-order valence-electron chi connectivity index (χ3n) is 5.84. The molecular weight excluding hydrogens is 442 g/mol. The highest BCUT2D eigenvalue weighted by Crippen LogP contribution is 2.38. The van der Waals surface area contributed by atoms with Gasteiger partial charge in [-0.2, -0.15) is 0 Å². The maximum absolute atomic E-state index is 13.3. The molecule has 5 rings (SSSR count). The van der Waals surface area contributed by atoms with Crippen LogP contribution >= 0.6 is 15.9 Å². The molecule has 1 atom stereocenters. The Kier molecular flexibility index (Phi) is 4.59. The molecule has 1 heterocycles. The molecule has 0 spiro atoms. The molecule has 0 aromatic heterocycles. The van der Waals surface area contributed by atoms with Crippen LogP contribution < -0.4 is 16.0 Å². The number of allylic oxidation sites excluding steroid dienone is 1. The molecule has 5 nitrogen and oxygen atoms in total. The van der Waals surface area contributed by atoms with E-state index in [4.69, 9.17) is 0 Å². The molecule has 0 saturated carbocycles. The predicted molar refractivity (Wildman–Crippen MR) is 121 cm³/mol. The van der Waals surface area contributed by atoms with Crippen LogP contribution in [0.4, 0.5) is 10.5 Å². The standard InChI is InChI=1S/C24H20BrN3O2/c1-13-20(23(29)27-17-10-8-16(25)9-11-17)22(28-24(30)26-13)19-12-7-15-6-5-14-3-2-4-18(19)21(14)15/h2-4,7-12,22H,5-6H2,1H3,(H,27,29)(H2,26,28,30)/t22-/m1/s1. The first-order valence-corrected chi connectivity index (χ1v) is 10.7. The summed E-state index contributed by atoms with van der Waals surface area (Å²) in [5.41, 5.74) is 5.35. The summed E-state index contributed by atoms with van der Waals surface area (Å²) < 4.78 is 0.938. The van der Waals surface area contributed by atoms with Gasteiger partial charge in [0.1, 0.15) is 0 Å². The maximum Gasteiger partial charge on any atom is 0.319 e. The van der Waals surface area contributed by atoms with Crippen LogP contribution in [0.25, 0.3) is 10.8 Å². The van der Waals surface area contributed by atoms with Crippen molar-refractivity contribution in [3.8, 4) is 0 Å². The van der Waals surface area contributed by atoms with Gasteiger partial charge in [0.05, 0.1) is 11.6 Å². The van der Waals surface area contributed by atoms with E-state index in [9.17, 15) is 9.59 Å². The summed E-state index contributed by atoms with van der Waals surface area (Å²) in [6, 6.07) is 17.0. The number of aryl methyl sites for hydroxylation is 2. The van der Waals surface area contributed by atoms with Gasteiger partial charge in [-0.05, 0) is 71.5 Å². The molecule has 3 aromatic carbocycles. The number of halogens is 1. The average Bonchev–Trinajstić information content (AvgIpc) is 3.14. The van der Waals surface area contributed by atoms with Crippen molar-refractivity contribution in [3.05, 3.63) is 87.0 Å². The fourth-order valence-electron chi connectivity index (χ4n) is 4.48. The van der Waals surface area contributed by atoms with Gasteiger partial charge in [0.15, 0.2) is 0 Å². The van der Waals surface area contributed by atoms with Gasteiger partial charge < -0.3 is 16.0 Å². The summed E-state index contributed by atoms with van der Waals surface area (Å²) in [6.45, 7) is 1.77. The van der Waals surface area contributed by atoms with Crippen LogP contribution in [0.15, 0.2) is 70.3 Å². The van der Waals surface area contributed by atoms with Crippen molar-refractivity contribution >= 4 is 44.3 Å². The molecule has 0 bridgehead atoms. The molecule has 150 valence electrons. The lowest BCUT2D eigenvalue weighted by Gasteiger charge is -2.29. The Morgan fingerprint density at radius 3 is 2.53 bits per heavy atom. The zero-order valence-electron chi connectivity index (χ0n) is 16.4. The molecule has 30 heavy (non-hydrogen) atoms. The molecule has 0 fully saturated rings. The van der Waals surface area contributed by atoms with E-state index >= 15 is 0 Å². The minimum absolute atomic E-state index is 0.240. The van der Waals surface area contributed by atoms with Gasteiger partial charge in [0.25, 0.3) is 5.91 Å². The van der Waals surface area contributed by atoms with E-state index < -0.39 is 6.04 Å². The lowest BCUT2D eigenvalue weighted by atomic mass is 9.89. The summed E-state index contributed by atoms with van der Waals surface area (Å²) in [6.07, 6.45) is 2.06. The van der Waals surface area contributed by atoms with E-state index in [-0.39, 0.29) is 11.9 Å². The average molecular weight is 462 g/mol. The van der Waals surface area contributed by atoms with Crippen LogP contribution in [0.3, 0.4) is 0 Å². The number of rotatable bonds is 3. The number of hydrogen-bond donors (Lipinski definition) is 3. The molecular formula is C24H20BrN3O2. The van der Waals surface area contributed by atoms with Crippen molar-refractivity contribution in [1.29, 1.82) is 0 Å². The summed E-state index contributed by atoms with van der Waals surface area (Å²) in [7, 11) is 0. The first kappa shape index (κ1) is 18.9. The van der Waals surface area contributed by atoms with Gasteiger partial charge in [0.2, 0.25) is 0 Å². The second-order valence-electron chi connectivity index (χ2n) is 7.68. The molecule has 6 heteroatoms. The van der Waals surface area contributed by atoms with E-state index in [1.54, 1.807) is 6.92 Å². The van der Waals surface area contributed by atoms with Crippen LogP contribution in [-0.2, 0) is 17.6 Å². The monoisotopic (exact) mass is 461 g/mol. The number of anilines is 1. The lowest BCUT2D eigenvalue weighted by molar-refractivity contribution is -0.113. The van der Waals surface area contributed by atoms with Crippen LogP contribution in [0, 0.1) is 0 Å². The quantitative estimate of drug-likeness (QED) is 0.515. The molecule has 1 aliphatic heterocycles. The summed E-state index contributed by atoms with van der Waals surface area (Å²) >= 11 is 3.40. The fourth-order valence-corrected chi connectivity index (χ4v) is 4.75. The second-order valence-corrected chi connectivity index (χ2v) is 8.60. The summed E-state index contributed by atoms with van der Waals surface area (Å²) in [5.74, 6) is -0.240. The molecule has 0 unspecified atom stereocenters. The number of benzene rings is 3. The normalized spacial score (nSPS) is 17.7. The Labute approximate surface area is 182 Å². The third-order valence-corrected chi connectivity index (χ3v) is 6.37. The van der Waals surface area contributed by atoms with Crippen molar-refractivity contribution in [1.82, 2.24) is 10.6 Å². The van der Waals surface area contributed by atoms with E-state index in [1.165, 1.54) is 16.5 Å². The first-order valence-electron chi connectivity index (χ1n) is 9.90. The number of nitrogens with one attached hydrogen (secondary N) is 3.